The van der Waals surface area contributed by atoms with E-state index in [0.29, 0.717) is 25.3 Å². The van der Waals surface area contributed by atoms with Gasteiger partial charge in [-0.1, -0.05) is 26.2 Å². The van der Waals surface area contributed by atoms with Crippen LogP contribution >= 0.6 is 0 Å². The number of hydrogen-bond acceptors (Lipinski definition) is 7. The van der Waals surface area contributed by atoms with Gasteiger partial charge in [-0.05, 0) is 88.4 Å². The monoisotopic (exact) mass is 690 g/mol. The number of fused-ring (bicyclic) bond motifs is 1. The number of urea groups is 1. The number of anilines is 1. The number of amides is 3. The molecule has 3 N–H and O–H groups in total. The molecule has 2 aromatic carbocycles. The third-order valence-corrected chi connectivity index (χ3v) is 10.6. The Hall–Kier alpha value is -3.42. The number of nitrogens with zero attached hydrogens (tertiary/aromatic N) is 2. The van der Waals surface area contributed by atoms with Crippen LogP contribution < -0.4 is 14.8 Å². The van der Waals surface area contributed by atoms with Crippen LogP contribution in [-0.2, 0) is 14.8 Å². The van der Waals surface area contributed by atoms with Crippen molar-refractivity contribution >= 4 is 27.6 Å². The van der Waals surface area contributed by atoms with Gasteiger partial charge in [0, 0.05) is 44.4 Å². The van der Waals surface area contributed by atoms with Crippen LogP contribution in [0.25, 0.3) is 0 Å². The Morgan fingerprint density at radius 1 is 1.06 bits per heavy atom. The molecule has 2 aliphatic rings. The topological polar surface area (TPSA) is 138 Å². The van der Waals surface area contributed by atoms with Gasteiger partial charge in [-0.2, -0.15) is 0 Å². The van der Waals surface area contributed by atoms with Crippen molar-refractivity contribution in [3.8, 4) is 5.75 Å². The highest BCUT2D eigenvalue weighted by Crippen LogP contribution is 2.30. The second-order valence-corrected chi connectivity index (χ2v) is 14.9. The van der Waals surface area contributed by atoms with Crippen molar-refractivity contribution in [2.45, 2.75) is 101 Å². The zero-order valence-electron chi connectivity index (χ0n) is 28.5. The molecule has 0 saturated heterocycles. The van der Waals surface area contributed by atoms with Crippen LogP contribution in [0, 0.1) is 11.7 Å². The molecule has 0 bridgehead atoms. The van der Waals surface area contributed by atoms with Crippen LogP contribution in [0.15, 0.2) is 47.4 Å². The predicted molar refractivity (Wildman–Crippen MR) is 182 cm³/mol. The Balaban J connectivity index is 1.61. The number of aliphatic hydroxyl groups excluding tert-OH is 1. The average molecular weight is 691 g/mol. The normalized spacial score (nSPS) is 22.5. The minimum atomic E-state index is -4.09. The molecule has 13 heteroatoms. The molecule has 4 rings (SSSR count). The molecule has 0 spiro atoms. The second kappa shape index (κ2) is 17.3. The molecule has 1 saturated carbocycles. The zero-order chi connectivity index (χ0) is 34.8. The van der Waals surface area contributed by atoms with Crippen molar-refractivity contribution in [3.63, 3.8) is 0 Å². The van der Waals surface area contributed by atoms with Gasteiger partial charge in [-0.25, -0.2) is 17.6 Å². The van der Waals surface area contributed by atoms with E-state index in [2.05, 4.69) is 10.0 Å². The minimum absolute atomic E-state index is 0.125. The molecule has 1 fully saturated rings. The van der Waals surface area contributed by atoms with Gasteiger partial charge in [0.2, 0.25) is 0 Å². The summed E-state index contributed by atoms with van der Waals surface area (Å²) in [6.07, 6.45) is 7.00. The third-order valence-electron chi connectivity index (χ3n) is 9.16. The molecule has 1 heterocycles. The highest BCUT2D eigenvalue weighted by atomic mass is 32.2. The third kappa shape index (κ3) is 10.3. The van der Waals surface area contributed by atoms with Crippen LogP contribution in [-0.4, -0.2) is 92.9 Å². The van der Waals surface area contributed by atoms with Crippen LogP contribution in [0.4, 0.5) is 14.9 Å². The Bertz CT molecular complexity index is 1470. The molecule has 2 aromatic rings. The standard InChI is InChI=1S/C35H51FN4O7S/c1-24-21-40(25(2)23-41)34(42)31-20-29(38-48(44,45)30-16-13-27(36)14-17-30)15-18-32(31)47-26(3)10-8-9-19-46-33(24)22-39(4)35(43)37-28-11-6-5-7-12-28/h13-18,20,24-26,28,33,38,41H,5-12,19,21-23H2,1-4H3,(H,37,43)/t24-,25-,26-,33+/m0/s1. The number of hydrogen-bond donors (Lipinski definition) is 3. The summed E-state index contributed by atoms with van der Waals surface area (Å²) < 4.78 is 54.7. The van der Waals surface area contributed by atoms with E-state index in [4.69, 9.17) is 9.47 Å². The van der Waals surface area contributed by atoms with Crippen LogP contribution in [0.2, 0.25) is 0 Å². The van der Waals surface area contributed by atoms with E-state index in [1.807, 2.05) is 13.8 Å². The lowest BCUT2D eigenvalue weighted by Gasteiger charge is -2.36. The van der Waals surface area contributed by atoms with E-state index in [0.717, 1.165) is 62.8 Å². The summed E-state index contributed by atoms with van der Waals surface area (Å²) in [5, 5.41) is 13.4. The fraction of sp³-hybridized carbons (Fsp3) is 0.600. The van der Waals surface area contributed by atoms with Gasteiger partial charge >= 0.3 is 6.03 Å². The molecule has 4 atom stereocenters. The van der Waals surface area contributed by atoms with Crippen molar-refractivity contribution in [1.29, 1.82) is 0 Å². The Kier molecular flexibility index (Phi) is 13.5. The summed E-state index contributed by atoms with van der Waals surface area (Å²) in [4.78, 5) is 30.5. The number of likely N-dealkylation sites (N-methyl/N-ethyl adjacent to an activating group) is 1. The van der Waals surface area contributed by atoms with Crippen molar-refractivity contribution in [1.82, 2.24) is 15.1 Å². The molecule has 1 aliphatic carbocycles. The lowest BCUT2D eigenvalue weighted by atomic mass is 9.96. The highest BCUT2D eigenvalue weighted by molar-refractivity contribution is 7.92. The second-order valence-electron chi connectivity index (χ2n) is 13.2. The van der Waals surface area contributed by atoms with E-state index in [1.165, 1.54) is 18.6 Å². The number of aliphatic hydroxyl groups is 1. The number of carbonyl (C=O) groups excluding carboxylic acids is 2. The summed E-state index contributed by atoms with van der Waals surface area (Å²) in [5.41, 5.74) is 0.257. The number of halogens is 1. The minimum Gasteiger partial charge on any atom is -0.490 e. The Morgan fingerprint density at radius 2 is 1.75 bits per heavy atom. The molecule has 3 amide bonds. The number of ether oxygens (including phenoxy) is 2. The smallest absolute Gasteiger partial charge is 0.317 e. The Morgan fingerprint density at radius 3 is 2.44 bits per heavy atom. The zero-order valence-corrected chi connectivity index (χ0v) is 29.3. The lowest BCUT2D eigenvalue weighted by molar-refractivity contribution is -0.0123. The number of nitrogens with one attached hydrogen (secondary N) is 2. The van der Waals surface area contributed by atoms with Gasteiger partial charge < -0.3 is 29.7 Å². The maximum absolute atomic E-state index is 14.3. The van der Waals surface area contributed by atoms with Crippen molar-refractivity contribution in [3.05, 3.63) is 53.8 Å². The van der Waals surface area contributed by atoms with Gasteiger partial charge in [-0.15, -0.1) is 0 Å². The molecule has 0 radical (unpaired) electrons. The van der Waals surface area contributed by atoms with E-state index in [9.17, 15) is 27.5 Å². The maximum atomic E-state index is 14.3. The summed E-state index contributed by atoms with van der Waals surface area (Å²) in [6, 6.07) is 8.38. The predicted octanol–water partition coefficient (Wildman–Crippen LogP) is 5.40. The first-order valence-corrected chi connectivity index (χ1v) is 18.5. The number of rotatable bonds is 8. The first kappa shape index (κ1) is 37.4. The van der Waals surface area contributed by atoms with Gasteiger partial charge in [0.1, 0.15) is 11.6 Å². The highest BCUT2D eigenvalue weighted by Gasteiger charge is 2.31. The lowest BCUT2D eigenvalue weighted by Crippen LogP contribution is -2.50. The van der Waals surface area contributed by atoms with Crippen LogP contribution in [0.3, 0.4) is 0 Å². The summed E-state index contributed by atoms with van der Waals surface area (Å²) in [5.74, 6) is -0.956. The van der Waals surface area contributed by atoms with E-state index in [1.54, 1.807) is 29.8 Å². The SMILES string of the molecule is C[C@H]1CCCCO[C@H](CN(C)C(=O)NC2CCCCC2)[C@@H](C)CN([C@@H](C)CO)C(=O)c2cc(NS(=O)(=O)c3ccc(F)cc3)ccc2O1. The fourth-order valence-electron chi connectivity index (χ4n) is 6.16. The molecule has 48 heavy (non-hydrogen) atoms. The summed E-state index contributed by atoms with van der Waals surface area (Å²) in [6.45, 7) is 6.29. The molecule has 0 unspecified atom stereocenters. The summed E-state index contributed by atoms with van der Waals surface area (Å²) in [7, 11) is -2.34. The van der Waals surface area contributed by atoms with Crippen LogP contribution in [0.1, 0.15) is 82.5 Å². The molecule has 266 valence electrons. The molecular weight excluding hydrogens is 639 g/mol. The Labute approximate surface area is 284 Å². The van der Waals surface area contributed by atoms with Crippen molar-refractivity contribution in [2.24, 2.45) is 5.92 Å². The van der Waals surface area contributed by atoms with Crippen LogP contribution in [0.5, 0.6) is 5.75 Å². The largest absolute Gasteiger partial charge is 0.490 e. The van der Waals surface area contributed by atoms with E-state index in [-0.39, 0.29) is 53.4 Å². The molecular formula is C35H51FN4O7S. The summed E-state index contributed by atoms with van der Waals surface area (Å²) >= 11 is 0. The molecule has 11 nitrogen and oxygen atoms in total. The van der Waals surface area contributed by atoms with E-state index < -0.39 is 33.9 Å². The first-order chi connectivity index (χ1) is 22.9. The molecule has 0 aromatic heterocycles. The van der Waals surface area contributed by atoms with Gasteiger partial charge in [0.25, 0.3) is 15.9 Å². The molecule has 1 aliphatic heterocycles. The van der Waals surface area contributed by atoms with Crippen molar-refractivity contribution < 1.29 is 37.0 Å². The maximum Gasteiger partial charge on any atom is 0.317 e. The number of sulfonamides is 1. The fourth-order valence-corrected chi connectivity index (χ4v) is 7.21. The van der Waals surface area contributed by atoms with Gasteiger partial charge in [-0.3, -0.25) is 9.52 Å². The first-order valence-electron chi connectivity index (χ1n) is 17.0. The van der Waals surface area contributed by atoms with Gasteiger partial charge in [0.15, 0.2) is 0 Å². The van der Waals surface area contributed by atoms with E-state index >= 15 is 0 Å². The van der Waals surface area contributed by atoms with Crippen molar-refractivity contribution in [2.75, 3.05) is 38.1 Å². The number of benzene rings is 2. The number of carbonyl (C=O) groups is 2. The van der Waals surface area contributed by atoms with Gasteiger partial charge in [0.05, 0.1) is 35.3 Å². The quantitative estimate of drug-likeness (QED) is 0.338. The average Bonchev–Trinajstić information content (AvgIpc) is 3.06.